The fourth-order valence-corrected chi connectivity index (χ4v) is 2.82. The fourth-order valence-electron chi connectivity index (χ4n) is 2.82. The molecule has 22 heavy (non-hydrogen) atoms. The Balaban J connectivity index is 1.88. The highest BCUT2D eigenvalue weighted by Gasteiger charge is 2.34. The second-order valence-corrected chi connectivity index (χ2v) is 5.29. The van der Waals surface area contributed by atoms with Gasteiger partial charge in [-0.05, 0) is 25.8 Å². The van der Waals surface area contributed by atoms with Crippen LogP contribution < -0.4 is 0 Å². The number of aromatic nitrogens is 3. The van der Waals surface area contributed by atoms with Gasteiger partial charge in [0, 0.05) is 19.9 Å². The summed E-state index contributed by atoms with van der Waals surface area (Å²) in [4.78, 5) is 22.9. The highest BCUT2D eigenvalue weighted by atomic mass is 16.5. The highest BCUT2D eigenvalue weighted by molar-refractivity contribution is 5.94. The number of nitrogens with zero attached hydrogens (tertiary/aromatic N) is 4. The molecular weight excluding hydrogens is 284 g/mol. The molecule has 116 valence electrons. The number of ether oxygens (including phenoxy) is 1. The van der Waals surface area contributed by atoms with Crippen molar-refractivity contribution in [2.24, 2.45) is 0 Å². The first-order valence-electron chi connectivity index (χ1n) is 7.23. The molecule has 1 fully saturated rings. The van der Waals surface area contributed by atoms with Crippen LogP contribution in [0.3, 0.4) is 0 Å². The molecule has 3 heterocycles. The van der Waals surface area contributed by atoms with Gasteiger partial charge in [0.25, 0.3) is 5.91 Å². The van der Waals surface area contributed by atoms with Gasteiger partial charge < -0.3 is 14.2 Å². The molecule has 0 spiro atoms. The number of carbonyl (C=O) groups excluding carboxylic acids is 1. The molecular formula is C15H18N4O3. The number of likely N-dealkylation sites (tertiary alicyclic amines) is 1. The summed E-state index contributed by atoms with van der Waals surface area (Å²) in [5, 5.41) is 3.93. The Morgan fingerprint density at radius 2 is 2.41 bits per heavy atom. The molecule has 2 aromatic heterocycles. The maximum atomic E-state index is 12.8. The van der Waals surface area contributed by atoms with Crippen LogP contribution in [0.2, 0.25) is 0 Å². The molecule has 1 atom stereocenters. The number of hydrogen-bond acceptors (Lipinski definition) is 6. The highest BCUT2D eigenvalue weighted by Crippen LogP contribution is 2.32. The molecule has 0 aliphatic carbocycles. The molecule has 0 unspecified atom stereocenters. The van der Waals surface area contributed by atoms with E-state index in [0.717, 1.165) is 18.5 Å². The molecule has 2 aromatic rings. The minimum absolute atomic E-state index is 0.0390. The third kappa shape index (κ3) is 2.59. The predicted octanol–water partition coefficient (Wildman–Crippen LogP) is 1.90. The van der Waals surface area contributed by atoms with E-state index in [2.05, 4.69) is 15.1 Å². The fraction of sp³-hybridized carbons (Fsp3) is 0.467. The Morgan fingerprint density at radius 3 is 3.14 bits per heavy atom. The Morgan fingerprint density at radius 1 is 1.55 bits per heavy atom. The molecule has 0 saturated carbocycles. The van der Waals surface area contributed by atoms with Gasteiger partial charge in [-0.2, -0.15) is 0 Å². The molecule has 3 rings (SSSR count). The van der Waals surface area contributed by atoms with Crippen molar-refractivity contribution in [1.82, 2.24) is 20.0 Å². The van der Waals surface area contributed by atoms with Gasteiger partial charge in [-0.15, -0.1) is 0 Å². The normalized spacial score (nSPS) is 17.9. The van der Waals surface area contributed by atoms with Gasteiger partial charge in [0.2, 0.25) is 0 Å². The van der Waals surface area contributed by atoms with Crippen LogP contribution in [0.5, 0.6) is 0 Å². The molecule has 1 amide bonds. The van der Waals surface area contributed by atoms with Gasteiger partial charge in [-0.25, -0.2) is 9.97 Å². The van der Waals surface area contributed by atoms with Gasteiger partial charge in [0.1, 0.15) is 12.1 Å². The van der Waals surface area contributed by atoms with Crippen LogP contribution in [0.4, 0.5) is 0 Å². The minimum Gasteiger partial charge on any atom is -0.380 e. The summed E-state index contributed by atoms with van der Waals surface area (Å²) >= 11 is 0. The summed E-state index contributed by atoms with van der Waals surface area (Å²) in [7, 11) is 1.58. The van der Waals surface area contributed by atoms with Crippen molar-refractivity contribution in [1.29, 1.82) is 0 Å². The molecule has 7 nitrogen and oxygen atoms in total. The van der Waals surface area contributed by atoms with E-state index >= 15 is 0 Å². The van der Waals surface area contributed by atoms with Gasteiger partial charge in [-0.3, -0.25) is 4.79 Å². The average Bonchev–Trinajstić information content (AvgIpc) is 3.16. The summed E-state index contributed by atoms with van der Waals surface area (Å²) < 4.78 is 10.3. The van der Waals surface area contributed by atoms with E-state index in [0.29, 0.717) is 30.2 Å². The predicted molar refractivity (Wildman–Crippen MR) is 77.0 cm³/mol. The van der Waals surface area contributed by atoms with Gasteiger partial charge in [0.05, 0.1) is 23.9 Å². The van der Waals surface area contributed by atoms with Crippen LogP contribution in [0.1, 0.15) is 46.4 Å². The Hall–Kier alpha value is -2.28. The zero-order valence-electron chi connectivity index (χ0n) is 12.7. The molecule has 0 N–H and O–H groups in total. The van der Waals surface area contributed by atoms with Crippen molar-refractivity contribution in [3.05, 3.63) is 41.3 Å². The van der Waals surface area contributed by atoms with E-state index in [1.807, 2.05) is 6.07 Å². The lowest BCUT2D eigenvalue weighted by Crippen LogP contribution is -2.32. The van der Waals surface area contributed by atoms with Gasteiger partial charge >= 0.3 is 0 Å². The SMILES string of the molecule is COCc1c(C(=O)N2CCC[C@H]2c2ccncn2)noc1C. The third-order valence-corrected chi connectivity index (χ3v) is 3.94. The number of carbonyl (C=O) groups is 1. The van der Waals surface area contributed by atoms with Crippen molar-refractivity contribution in [2.45, 2.75) is 32.4 Å². The first-order chi connectivity index (χ1) is 10.7. The van der Waals surface area contributed by atoms with E-state index < -0.39 is 0 Å². The largest absolute Gasteiger partial charge is 0.380 e. The quantitative estimate of drug-likeness (QED) is 0.858. The van der Waals surface area contributed by atoms with Crippen LogP contribution in [-0.4, -0.2) is 39.6 Å². The Bertz CT molecular complexity index is 656. The monoisotopic (exact) mass is 302 g/mol. The first kappa shape index (κ1) is 14.6. The molecule has 1 aliphatic rings. The van der Waals surface area contributed by atoms with Gasteiger partial charge in [-0.1, -0.05) is 5.16 Å². The lowest BCUT2D eigenvalue weighted by molar-refractivity contribution is 0.0718. The zero-order valence-corrected chi connectivity index (χ0v) is 12.7. The van der Waals surface area contributed by atoms with E-state index in [1.54, 1.807) is 25.1 Å². The third-order valence-electron chi connectivity index (χ3n) is 3.94. The van der Waals surface area contributed by atoms with Crippen LogP contribution in [0, 0.1) is 6.92 Å². The summed E-state index contributed by atoms with van der Waals surface area (Å²) in [6.07, 6.45) is 5.03. The van der Waals surface area contributed by atoms with Crippen LogP contribution >= 0.6 is 0 Å². The lowest BCUT2D eigenvalue weighted by atomic mass is 10.1. The van der Waals surface area contributed by atoms with E-state index in [1.165, 1.54) is 6.33 Å². The smallest absolute Gasteiger partial charge is 0.276 e. The summed E-state index contributed by atoms with van der Waals surface area (Å²) in [5.74, 6) is 0.480. The summed E-state index contributed by atoms with van der Waals surface area (Å²) in [6, 6.07) is 1.81. The summed E-state index contributed by atoms with van der Waals surface area (Å²) in [5.41, 5.74) is 1.90. The number of methoxy groups -OCH3 is 1. The number of aryl methyl sites for hydroxylation is 1. The summed E-state index contributed by atoms with van der Waals surface area (Å²) in [6.45, 7) is 2.78. The molecule has 7 heteroatoms. The van der Waals surface area contributed by atoms with Crippen LogP contribution in [0.25, 0.3) is 0 Å². The van der Waals surface area contributed by atoms with E-state index in [-0.39, 0.29) is 11.9 Å². The zero-order chi connectivity index (χ0) is 15.5. The Kier molecular flexibility index (Phi) is 4.15. The van der Waals surface area contributed by atoms with Crippen molar-refractivity contribution in [3.8, 4) is 0 Å². The topological polar surface area (TPSA) is 81.4 Å². The van der Waals surface area contributed by atoms with E-state index in [4.69, 9.17) is 9.26 Å². The van der Waals surface area contributed by atoms with Gasteiger partial charge in [0.15, 0.2) is 5.69 Å². The van der Waals surface area contributed by atoms with Crippen molar-refractivity contribution < 1.29 is 14.1 Å². The molecule has 0 bridgehead atoms. The number of amides is 1. The molecule has 1 aliphatic heterocycles. The van der Waals surface area contributed by atoms with Crippen molar-refractivity contribution >= 4 is 5.91 Å². The minimum atomic E-state index is -0.134. The second kappa shape index (κ2) is 6.23. The lowest BCUT2D eigenvalue weighted by Gasteiger charge is -2.23. The number of hydrogen-bond donors (Lipinski definition) is 0. The van der Waals surface area contributed by atoms with Crippen LogP contribution in [0.15, 0.2) is 23.1 Å². The van der Waals surface area contributed by atoms with E-state index in [9.17, 15) is 4.79 Å². The maximum absolute atomic E-state index is 12.8. The van der Waals surface area contributed by atoms with Crippen LogP contribution in [-0.2, 0) is 11.3 Å². The average molecular weight is 302 g/mol. The molecule has 0 radical (unpaired) electrons. The molecule has 1 saturated heterocycles. The Labute approximate surface area is 128 Å². The van der Waals surface area contributed by atoms with Crippen molar-refractivity contribution in [2.75, 3.05) is 13.7 Å². The standard InChI is InChI=1S/C15H18N4O3/c1-10-11(8-21-2)14(18-22-10)15(20)19-7-3-4-13(19)12-5-6-16-9-17-12/h5-6,9,13H,3-4,7-8H2,1-2H3/t13-/m0/s1. The maximum Gasteiger partial charge on any atom is 0.276 e. The first-order valence-corrected chi connectivity index (χ1v) is 7.23. The second-order valence-electron chi connectivity index (χ2n) is 5.29. The molecule has 0 aromatic carbocycles. The van der Waals surface area contributed by atoms with Crippen molar-refractivity contribution in [3.63, 3.8) is 0 Å². The number of rotatable bonds is 4.